The summed E-state index contributed by atoms with van der Waals surface area (Å²) in [6, 6.07) is 9.86. The van der Waals surface area contributed by atoms with Gasteiger partial charge in [-0.3, -0.25) is 4.79 Å². The van der Waals surface area contributed by atoms with Gasteiger partial charge in [-0.15, -0.1) is 0 Å². The molecule has 2 aromatic carbocycles. The van der Waals surface area contributed by atoms with Crippen LogP contribution in [0.1, 0.15) is 36.7 Å². The van der Waals surface area contributed by atoms with Crippen LogP contribution in [0.5, 0.6) is 11.5 Å². The molecule has 28 heavy (non-hydrogen) atoms. The maximum atomic E-state index is 12.4. The largest absolute Gasteiger partial charge is 0.495 e. The molecule has 0 saturated heterocycles. The minimum atomic E-state index is -1.00. The van der Waals surface area contributed by atoms with Crippen molar-refractivity contribution in [2.45, 2.75) is 39.9 Å². The normalized spacial score (nSPS) is 11.7. The van der Waals surface area contributed by atoms with E-state index < -0.39 is 18.0 Å². The Balaban J connectivity index is 2.02. The van der Waals surface area contributed by atoms with Crippen LogP contribution in [0, 0.1) is 6.92 Å². The number of benzene rings is 2. The Morgan fingerprint density at radius 1 is 1.07 bits per heavy atom. The highest BCUT2D eigenvalue weighted by molar-refractivity contribution is 6.31. The smallest absolute Gasteiger partial charge is 0.338 e. The maximum absolute atomic E-state index is 12.4. The molecule has 1 N–H and O–H groups in total. The van der Waals surface area contributed by atoms with E-state index in [0.29, 0.717) is 27.8 Å². The summed E-state index contributed by atoms with van der Waals surface area (Å²) in [6.07, 6.45) is -0.963. The summed E-state index contributed by atoms with van der Waals surface area (Å²) in [4.78, 5) is 24.7. The third-order valence-electron chi connectivity index (χ3n) is 3.85. The van der Waals surface area contributed by atoms with Gasteiger partial charge in [0.2, 0.25) is 0 Å². The van der Waals surface area contributed by atoms with Gasteiger partial charge in [0.1, 0.15) is 11.5 Å². The van der Waals surface area contributed by atoms with Crippen LogP contribution in [0.15, 0.2) is 36.4 Å². The summed E-state index contributed by atoms with van der Waals surface area (Å²) in [5, 5.41) is 3.22. The van der Waals surface area contributed by atoms with E-state index in [-0.39, 0.29) is 6.10 Å². The molecule has 1 atom stereocenters. The summed E-state index contributed by atoms with van der Waals surface area (Å²) in [7, 11) is 1.48. The first-order valence-electron chi connectivity index (χ1n) is 8.84. The monoisotopic (exact) mass is 405 g/mol. The molecule has 0 heterocycles. The number of carbonyl (C=O) groups excluding carboxylic acids is 2. The van der Waals surface area contributed by atoms with Crippen molar-refractivity contribution in [3.63, 3.8) is 0 Å². The van der Waals surface area contributed by atoms with Crippen LogP contribution in [0.3, 0.4) is 0 Å². The molecule has 6 nitrogen and oxygen atoms in total. The van der Waals surface area contributed by atoms with Gasteiger partial charge in [0.15, 0.2) is 6.10 Å². The average Bonchev–Trinajstić information content (AvgIpc) is 2.64. The van der Waals surface area contributed by atoms with Crippen LogP contribution < -0.4 is 14.8 Å². The van der Waals surface area contributed by atoms with Crippen LogP contribution in [-0.4, -0.2) is 31.2 Å². The summed E-state index contributed by atoms with van der Waals surface area (Å²) >= 11 is 6.07. The van der Waals surface area contributed by atoms with Crippen LogP contribution >= 0.6 is 11.6 Å². The number of amides is 1. The van der Waals surface area contributed by atoms with Gasteiger partial charge in [-0.05, 0) is 63.6 Å². The molecule has 0 aliphatic rings. The molecule has 1 amide bonds. The molecule has 0 bridgehead atoms. The Morgan fingerprint density at radius 2 is 1.71 bits per heavy atom. The summed E-state index contributed by atoms with van der Waals surface area (Å²) < 4.78 is 16.0. The van der Waals surface area contributed by atoms with Gasteiger partial charge >= 0.3 is 5.97 Å². The molecule has 0 aliphatic carbocycles. The molecule has 150 valence electrons. The standard InChI is InChI=1S/C21H24ClNO5/c1-12(2)27-16-8-6-15(7-9-16)21(25)28-14(4)20(24)23-18-10-13(3)17(22)11-19(18)26-5/h6-12,14H,1-5H3,(H,23,24)/t14-/m1/s1. The number of halogens is 1. The quantitative estimate of drug-likeness (QED) is 0.680. The van der Waals surface area contributed by atoms with Gasteiger partial charge in [-0.25, -0.2) is 4.79 Å². The number of esters is 1. The van der Waals surface area contributed by atoms with E-state index >= 15 is 0 Å². The molecule has 0 aromatic heterocycles. The highest BCUT2D eigenvalue weighted by atomic mass is 35.5. The number of methoxy groups -OCH3 is 1. The van der Waals surface area contributed by atoms with E-state index in [1.807, 2.05) is 20.8 Å². The highest BCUT2D eigenvalue weighted by Gasteiger charge is 2.21. The first kappa shape index (κ1) is 21.6. The minimum Gasteiger partial charge on any atom is -0.495 e. The number of rotatable bonds is 7. The third kappa shape index (κ3) is 5.63. The van der Waals surface area contributed by atoms with Crippen LogP contribution in [0.25, 0.3) is 0 Å². The minimum absolute atomic E-state index is 0.0371. The Bertz CT molecular complexity index is 849. The molecule has 0 radical (unpaired) electrons. The molecule has 7 heteroatoms. The number of nitrogens with one attached hydrogen (secondary N) is 1. The molecule has 0 unspecified atom stereocenters. The van der Waals surface area contributed by atoms with Crippen LogP contribution in [-0.2, 0) is 9.53 Å². The number of aryl methyl sites for hydroxylation is 1. The molecule has 0 saturated carbocycles. The lowest BCUT2D eigenvalue weighted by atomic mass is 10.2. The van der Waals surface area contributed by atoms with Crippen molar-refractivity contribution in [3.05, 3.63) is 52.5 Å². The van der Waals surface area contributed by atoms with Gasteiger partial charge in [0.25, 0.3) is 5.91 Å². The molecular weight excluding hydrogens is 382 g/mol. The number of hydrogen-bond acceptors (Lipinski definition) is 5. The number of hydrogen-bond donors (Lipinski definition) is 1. The zero-order valence-electron chi connectivity index (χ0n) is 16.5. The van der Waals surface area contributed by atoms with Crippen molar-refractivity contribution in [2.24, 2.45) is 0 Å². The van der Waals surface area contributed by atoms with E-state index in [1.165, 1.54) is 14.0 Å². The van der Waals surface area contributed by atoms with Crippen molar-refractivity contribution in [3.8, 4) is 11.5 Å². The SMILES string of the molecule is COc1cc(Cl)c(C)cc1NC(=O)[C@@H](C)OC(=O)c1ccc(OC(C)C)cc1. The van der Waals surface area contributed by atoms with Crippen molar-refractivity contribution in [1.82, 2.24) is 0 Å². The molecule has 0 spiro atoms. The Hall–Kier alpha value is -2.73. The number of anilines is 1. The molecule has 2 rings (SSSR count). The second-order valence-electron chi connectivity index (χ2n) is 6.53. The lowest BCUT2D eigenvalue weighted by Crippen LogP contribution is -2.30. The first-order valence-corrected chi connectivity index (χ1v) is 9.21. The Kier molecular flexibility index (Phi) is 7.29. The van der Waals surface area contributed by atoms with E-state index in [4.69, 9.17) is 25.8 Å². The van der Waals surface area contributed by atoms with Crippen molar-refractivity contribution >= 4 is 29.2 Å². The van der Waals surface area contributed by atoms with E-state index in [1.54, 1.807) is 36.4 Å². The van der Waals surface area contributed by atoms with Gasteiger partial charge in [-0.2, -0.15) is 0 Å². The van der Waals surface area contributed by atoms with Gasteiger partial charge in [-0.1, -0.05) is 11.6 Å². The summed E-state index contributed by atoms with van der Waals surface area (Å²) in [6.45, 7) is 7.14. The molecular formula is C21H24ClNO5. The zero-order chi connectivity index (χ0) is 20.8. The third-order valence-corrected chi connectivity index (χ3v) is 4.26. The number of carbonyl (C=O) groups is 2. The van der Waals surface area contributed by atoms with E-state index in [0.717, 1.165) is 5.56 Å². The van der Waals surface area contributed by atoms with Gasteiger partial charge in [0.05, 0.1) is 24.5 Å². The molecule has 0 aliphatic heterocycles. The second-order valence-corrected chi connectivity index (χ2v) is 6.94. The van der Waals surface area contributed by atoms with Crippen LogP contribution in [0.2, 0.25) is 5.02 Å². The fourth-order valence-corrected chi connectivity index (χ4v) is 2.54. The van der Waals surface area contributed by atoms with Crippen molar-refractivity contribution < 1.29 is 23.8 Å². The summed E-state index contributed by atoms with van der Waals surface area (Å²) in [5.41, 5.74) is 1.56. The maximum Gasteiger partial charge on any atom is 0.338 e. The molecule has 2 aromatic rings. The highest BCUT2D eigenvalue weighted by Crippen LogP contribution is 2.31. The van der Waals surface area contributed by atoms with Crippen molar-refractivity contribution in [1.29, 1.82) is 0 Å². The van der Waals surface area contributed by atoms with E-state index in [9.17, 15) is 9.59 Å². The Morgan fingerprint density at radius 3 is 2.29 bits per heavy atom. The van der Waals surface area contributed by atoms with E-state index in [2.05, 4.69) is 5.32 Å². The number of ether oxygens (including phenoxy) is 3. The average molecular weight is 406 g/mol. The van der Waals surface area contributed by atoms with Crippen molar-refractivity contribution in [2.75, 3.05) is 12.4 Å². The fourth-order valence-electron chi connectivity index (χ4n) is 2.39. The summed E-state index contributed by atoms with van der Waals surface area (Å²) in [5.74, 6) is -0.00288. The van der Waals surface area contributed by atoms with Crippen LogP contribution in [0.4, 0.5) is 5.69 Å². The predicted molar refractivity (Wildman–Crippen MR) is 108 cm³/mol. The molecule has 0 fully saturated rings. The first-order chi connectivity index (χ1) is 13.2. The topological polar surface area (TPSA) is 73.9 Å². The predicted octanol–water partition coefficient (Wildman–Crippen LogP) is 4.63. The lowest BCUT2D eigenvalue weighted by Gasteiger charge is -2.16. The Labute approximate surface area is 169 Å². The zero-order valence-corrected chi connectivity index (χ0v) is 17.3. The van der Waals surface area contributed by atoms with Gasteiger partial charge < -0.3 is 19.5 Å². The van der Waals surface area contributed by atoms with Gasteiger partial charge in [0, 0.05) is 11.1 Å². The fraction of sp³-hybridized carbons (Fsp3) is 0.333. The lowest BCUT2D eigenvalue weighted by molar-refractivity contribution is -0.123. The second kappa shape index (κ2) is 9.46.